The van der Waals surface area contributed by atoms with Crippen molar-refractivity contribution in [1.82, 2.24) is 20.5 Å². The van der Waals surface area contributed by atoms with Crippen molar-refractivity contribution in [3.8, 4) is 0 Å². The van der Waals surface area contributed by atoms with E-state index in [1.165, 1.54) is 24.3 Å². The van der Waals surface area contributed by atoms with Crippen LogP contribution in [-0.4, -0.2) is 39.1 Å². The van der Waals surface area contributed by atoms with Gasteiger partial charge in [-0.1, -0.05) is 12.1 Å². The minimum absolute atomic E-state index is 0.125. The van der Waals surface area contributed by atoms with E-state index in [9.17, 15) is 14.9 Å². The zero-order valence-electron chi connectivity index (χ0n) is 14.7. The molecule has 3 rings (SSSR count). The summed E-state index contributed by atoms with van der Waals surface area (Å²) in [6, 6.07) is 14.6. The fourth-order valence-corrected chi connectivity index (χ4v) is 2.29. The minimum Gasteiger partial charge on any atom is -0.367 e. The molecule has 0 unspecified atom stereocenters. The number of carbonyl (C=O) groups is 1. The highest BCUT2D eigenvalue weighted by Crippen LogP contribution is 2.13. The van der Waals surface area contributed by atoms with Crippen LogP contribution in [0, 0.1) is 10.1 Å². The molecule has 0 spiro atoms. The molecule has 0 aliphatic heterocycles. The maximum atomic E-state index is 12.0. The lowest BCUT2D eigenvalue weighted by Crippen LogP contribution is -2.28. The predicted molar refractivity (Wildman–Crippen MR) is 103 cm³/mol. The number of amides is 1. The summed E-state index contributed by atoms with van der Waals surface area (Å²) in [5, 5.41) is 27.6. The van der Waals surface area contributed by atoms with Gasteiger partial charge in [0.05, 0.1) is 4.92 Å². The molecule has 28 heavy (non-hydrogen) atoms. The lowest BCUT2D eigenvalue weighted by atomic mass is 10.2. The van der Waals surface area contributed by atoms with Crippen molar-refractivity contribution < 1.29 is 9.72 Å². The molecule has 0 saturated heterocycles. The van der Waals surface area contributed by atoms with Gasteiger partial charge in [-0.05, 0) is 30.3 Å². The van der Waals surface area contributed by atoms with E-state index in [1.807, 2.05) is 18.2 Å². The Morgan fingerprint density at radius 3 is 2.50 bits per heavy atom. The largest absolute Gasteiger partial charge is 0.367 e. The molecule has 0 atom stereocenters. The average Bonchev–Trinajstić information content (AvgIpc) is 2.73. The zero-order chi connectivity index (χ0) is 19.8. The summed E-state index contributed by atoms with van der Waals surface area (Å²) in [6.07, 6.45) is 1.67. The molecule has 1 amide bonds. The number of rotatable bonds is 8. The number of anilines is 3. The average molecular weight is 379 g/mol. The lowest BCUT2D eigenvalue weighted by molar-refractivity contribution is -0.384. The van der Waals surface area contributed by atoms with Gasteiger partial charge < -0.3 is 16.0 Å². The minimum atomic E-state index is -0.538. The van der Waals surface area contributed by atoms with Gasteiger partial charge in [-0.15, -0.1) is 10.2 Å². The Kier molecular flexibility index (Phi) is 6.03. The fraction of sp³-hybridized carbons (Fsp3) is 0.111. The Balaban J connectivity index is 1.44. The summed E-state index contributed by atoms with van der Waals surface area (Å²) >= 11 is 0. The highest BCUT2D eigenvalue weighted by Gasteiger charge is 2.10. The second-order valence-corrected chi connectivity index (χ2v) is 5.63. The number of nitro groups is 1. The molecule has 2 heterocycles. The van der Waals surface area contributed by atoms with E-state index in [1.54, 1.807) is 18.3 Å². The monoisotopic (exact) mass is 379 g/mol. The second kappa shape index (κ2) is 9.03. The van der Waals surface area contributed by atoms with Crippen LogP contribution in [0.5, 0.6) is 0 Å². The van der Waals surface area contributed by atoms with Gasteiger partial charge in [0.25, 0.3) is 11.6 Å². The molecule has 3 aromatic rings. The molecule has 0 bridgehead atoms. The van der Waals surface area contributed by atoms with E-state index in [0.717, 1.165) is 0 Å². The number of nitrogens with zero attached hydrogens (tertiary/aromatic N) is 4. The zero-order valence-corrected chi connectivity index (χ0v) is 14.7. The third kappa shape index (κ3) is 5.21. The third-order valence-electron chi connectivity index (χ3n) is 3.62. The maximum Gasteiger partial charge on any atom is 0.270 e. The van der Waals surface area contributed by atoms with E-state index in [-0.39, 0.29) is 17.2 Å². The van der Waals surface area contributed by atoms with Crippen molar-refractivity contribution in [2.45, 2.75) is 0 Å². The molecule has 10 heteroatoms. The van der Waals surface area contributed by atoms with Crippen LogP contribution in [0.15, 0.2) is 60.8 Å². The van der Waals surface area contributed by atoms with Gasteiger partial charge in [-0.2, -0.15) is 0 Å². The highest BCUT2D eigenvalue weighted by molar-refractivity contribution is 5.94. The second-order valence-electron chi connectivity index (χ2n) is 5.63. The highest BCUT2D eigenvalue weighted by atomic mass is 16.6. The van der Waals surface area contributed by atoms with Crippen molar-refractivity contribution in [2.75, 3.05) is 23.7 Å². The summed E-state index contributed by atoms with van der Waals surface area (Å²) in [7, 11) is 0. The van der Waals surface area contributed by atoms with Crippen LogP contribution in [0.4, 0.5) is 23.1 Å². The van der Waals surface area contributed by atoms with Crippen LogP contribution < -0.4 is 16.0 Å². The van der Waals surface area contributed by atoms with Crippen LogP contribution in [0.1, 0.15) is 10.4 Å². The van der Waals surface area contributed by atoms with Gasteiger partial charge in [0.15, 0.2) is 5.82 Å². The number of nitrogens with one attached hydrogen (secondary N) is 3. The van der Waals surface area contributed by atoms with E-state index in [0.29, 0.717) is 30.5 Å². The number of nitro benzene ring substituents is 1. The first-order valence-corrected chi connectivity index (χ1v) is 8.40. The molecule has 0 saturated carbocycles. The molecule has 1 aromatic carbocycles. The Morgan fingerprint density at radius 2 is 1.79 bits per heavy atom. The van der Waals surface area contributed by atoms with Crippen LogP contribution in [0.25, 0.3) is 0 Å². The molecule has 0 aliphatic carbocycles. The summed E-state index contributed by atoms with van der Waals surface area (Å²) in [4.78, 5) is 26.4. The molecule has 3 N–H and O–H groups in total. The van der Waals surface area contributed by atoms with Crippen molar-refractivity contribution in [3.05, 3.63) is 76.5 Å². The van der Waals surface area contributed by atoms with Crippen molar-refractivity contribution in [2.24, 2.45) is 0 Å². The van der Waals surface area contributed by atoms with Gasteiger partial charge in [0, 0.05) is 37.0 Å². The van der Waals surface area contributed by atoms with Crippen LogP contribution >= 0.6 is 0 Å². The smallest absolute Gasteiger partial charge is 0.270 e. The molecule has 10 nitrogen and oxygen atoms in total. The molecular weight excluding hydrogens is 362 g/mol. The Hall–Kier alpha value is -4.08. The number of hydrogen-bond acceptors (Lipinski definition) is 8. The van der Waals surface area contributed by atoms with Gasteiger partial charge in [-0.3, -0.25) is 14.9 Å². The van der Waals surface area contributed by atoms with E-state index >= 15 is 0 Å². The summed E-state index contributed by atoms with van der Waals surface area (Å²) in [6.45, 7) is 0.736. The van der Waals surface area contributed by atoms with Gasteiger partial charge in [-0.25, -0.2) is 4.98 Å². The lowest BCUT2D eigenvalue weighted by Gasteiger charge is -2.08. The van der Waals surface area contributed by atoms with Gasteiger partial charge in [0.2, 0.25) is 0 Å². The van der Waals surface area contributed by atoms with E-state index < -0.39 is 4.92 Å². The predicted octanol–water partition coefficient (Wildman–Crippen LogP) is 2.37. The SMILES string of the molecule is O=C(NCCNc1ccc(Nc2ccccn2)nn1)c1cccc([N+](=O)[O-])c1. The first-order valence-electron chi connectivity index (χ1n) is 8.40. The van der Waals surface area contributed by atoms with Crippen LogP contribution in [0.2, 0.25) is 0 Å². The van der Waals surface area contributed by atoms with Crippen LogP contribution in [0.3, 0.4) is 0 Å². The maximum absolute atomic E-state index is 12.0. The normalized spacial score (nSPS) is 10.1. The number of non-ortho nitro benzene ring substituents is 1. The number of hydrogen-bond donors (Lipinski definition) is 3. The molecule has 0 fully saturated rings. The Bertz CT molecular complexity index is 949. The number of carbonyl (C=O) groups excluding carboxylic acids is 1. The number of benzene rings is 1. The molecule has 0 radical (unpaired) electrons. The first-order chi connectivity index (χ1) is 13.6. The molecular formula is C18H17N7O3. The van der Waals surface area contributed by atoms with Crippen molar-refractivity contribution >= 4 is 29.0 Å². The summed E-state index contributed by atoms with van der Waals surface area (Å²) in [5.74, 6) is 1.40. The Morgan fingerprint density at radius 1 is 0.964 bits per heavy atom. The molecule has 2 aromatic heterocycles. The van der Waals surface area contributed by atoms with Crippen molar-refractivity contribution in [1.29, 1.82) is 0 Å². The Labute approximate surface area is 160 Å². The third-order valence-corrected chi connectivity index (χ3v) is 3.62. The van der Waals surface area contributed by atoms with Crippen LogP contribution in [-0.2, 0) is 0 Å². The van der Waals surface area contributed by atoms with Gasteiger partial charge >= 0.3 is 0 Å². The summed E-state index contributed by atoms with van der Waals surface area (Å²) < 4.78 is 0. The van der Waals surface area contributed by atoms with Crippen molar-refractivity contribution in [3.63, 3.8) is 0 Å². The standard InChI is InChI=1S/C18H17N7O3/c26-18(13-4-3-5-14(12-13)25(27)28)21-11-10-20-16-7-8-17(24-23-16)22-15-6-1-2-9-19-15/h1-9,12H,10-11H2,(H,20,23)(H,21,26)(H,19,22,24). The summed E-state index contributed by atoms with van der Waals surface area (Å²) in [5.41, 5.74) is 0.111. The topological polar surface area (TPSA) is 135 Å². The molecule has 0 aliphatic rings. The molecule has 142 valence electrons. The van der Waals surface area contributed by atoms with Gasteiger partial charge in [0.1, 0.15) is 11.6 Å². The number of aromatic nitrogens is 3. The van der Waals surface area contributed by atoms with E-state index in [4.69, 9.17) is 0 Å². The number of pyridine rings is 1. The fourth-order valence-electron chi connectivity index (χ4n) is 2.29. The first kappa shape index (κ1) is 18.7. The van der Waals surface area contributed by atoms with E-state index in [2.05, 4.69) is 31.1 Å². The quantitative estimate of drug-likeness (QED) is 0.308.